The number of amides is 1. The molecule has 6 nitrogen and oxygen atoms in total. The number of carbonyl (C=O) groups is 1. The smallest absolute Gasteiger partial charge is 0.408 e. The predicted octanol–water partition coefficient (Wildman–Crippen LogP) is 2.27. The first-order valence-electron chi connectivity index (χ1n) is 6.59. The van der Waals surface area contributed by atoms with Crippen LogP contribution in [-0.2, 0) is 9.47 Å². The Morgan fingerprint density at radius 1 is 1.45 bits per heavy atom. The summed E-state index contributed by atoms with van der Waals surface area (Å²) in [6.45, 7) is 8.22. The van der Waals surface area contributed by atoms with Gasteiger partial charge < -0.3 is 20.5 Å². The van der Waals surface area contributed by atoms with E-state index in [1.54, 1.807) is 18.5 Å². The molecule has 0 bridgehead atoms. The van der Waals surface area contributed by atoms with E-state index in [0.29, 0.717) is 18.9 Å². The van der Waals surface area contributed by atoms with Crippen LogP contribution in [0.5, 0.6) is 0 Å². The third-order valence-electron chi connectivity index (χ3n) is 2.36. The Labute approximate surface area is 119 Å². The summed E-state index contributed by atoms with van der Waals surface area (Å²) in [4.78, 5) is 15.9. The van der Waals surface area contributed by atoms with Gasteiger partial charge in [0.05, 0.1) is 18.3 Å². The molecule has 0 aliphatic rings. The number of alkyl carbamates (subject to hydrolysis) is 1. The van der Waals surface area contributed by atoms with Crippen molar-refractivity contribution in [1.29, 1.82) is 0 Å². The number of rotatable bonds is 5. The number of hydrogen-bond donors (Lipinski definition) is 2. The molecule has 0 saturated carbocycles. The van der Waals surface area contributed by atoms with Crippen LogP contribution in [0.2, 0.25) is 0 Å². The van der Waals surface area contributed by atoms with Gasteiger partial charge in [0, 0.05) is 19.0 Å². The van der Waals surface area contributed by atoms with E-state index < -0.39 is 11.7 Å². The number of nitrogens with two attached hydrogens (primary N) is 1. The Bertz CT molecular complexity index is 444. The molecular weight excluding hydrogens is 258 g/mol. The van der Waals surface area contributed by atoms with Crippen LogP contribution in [0.3, 0.4) is 0 Å². The van der Waals surface area contributed by atoms with Crippen molar-refractivity contribution >= 4 is 11.8 Å². The highest BCUT2D eigenvalue weighted by Crippen LogP contribution is 2.16. The molecule has 0 aromatic carbocycles. The van der Waals surface area contributed by atoms with Crippen LogP contribution < -0.4 is 11.1 Å². The van der Waals surface area contributed by atoms with E-state index in [9.17, 15) is 4.79 Å². The third kappa shape index (κ3) is 5.88. The molecule has 0 aliphatic heterocycles. The van der Waals surface area contributed by atoms with E-state index in [-0.39, 0.29) is 6.04 Å². The zero-order valence-electron chi connectivity index (χ0n) is 12.5. The van der Waals surface area contributed by atoms with Gasteiger partial charge in [0.2, 0.25) is 0 Å². The van der Waals surface area contributed by atoms with Crippen molar-refractivity contribution in [2.24, 2.45) is 0 Å². The van der Waals surface area contributed by atoms with E-state index >= 15 is 0 Å². The van der Waals surface area contributed by atoms with Crippen molar-refractivity contribution in [3.8, 4) is 0 Å². The third-order valence-corrected chi connectivity index (χ3v) is 2.36. The maximum atomic E-state index is 11.8. The molecule has 3 N–H and O–H groups in total. The van der Waals surface area contributed by atoms with Crippen molar-refractivity contribution < 1.29 is 14.3 Å². The molecule has 112 valence electrons. The fourth-order valence-corrected chi connectivity index (χ4v) is 1.57. The second-order valence-electron chi connectivity index (χ2n) is 5.41. The second kappa shape index (κ2) is 7.09. The average molecular weight is 281 g/mol. The SMILES string of the molecule is CCOCC(NC(=O)OC(C)(C)C)c1cncc(N)c1. The topological polar surface area (TPSA) is 86.5 Å². The number of carbonyl (C=O) groups excluding carboxylic acids is 1. The molecule has 0 saturated heterocycles. The number of hydrogen-bond acceptors (Lipinski definition) is 5. The van der Waals surface area contributed by atoms with Gasteiger partial charge >= 0.3 is 6.09 Å². The zero-order valence-corrected chi connectivity index (χ0v) is 12.5. The number of ether oxygens (including phenoxy) is 2. The fraction of sp³-hybridized carbons (Fsp3) is 0.571. The Hall–Kier alpha value is -1.82. The van der Waals surface area contributed by atoms with Gasteiger partial charge in [-0.2, -0.15) is 0 Å². The molecule has 1 atom stereocenters. The first-order valence-corrected chi connectivity index (χ1v) is 6.59. The van der Waals surface area contributed by atoms with Crippen LogP contribution in [-0.4, -0.2) is 29.9 Å². The first-order chi connectivity index (χ1) is 9.31. The molecule has 1 unspecified atom stereocenters. The molecule has 6 heteroatoms. The summed E-state index contributed by atoms with van der Waals surface area (Å²) < 4.78 is 10.6. The summed E-state index contributed by atoms with van der Waals surface area (Å²) in [5, 5.41) is 2.77. The normalized spacial score (nSPS) is 12.8. The van der Waals surface area contributed by atoms with E-state index in [1.165, 1.54) is 0 Å². The maximum absolute atomic E-state index is 11.8. The average Bonchev–Trinajstić information content (AvgIpc) is 2.32. The number of pyridine rings is 1. The highest BCUT2D eigenvalue weighted by Gasteiger charge is 2.21. The largest absolute Gasteiger partial charge is 0.444 e. The number of nitrogens with zero attached hydrogens (tertiary/aromatic N) is 1. The summed E-state index contributed by atoms with van der Waals surface area (Å²) in [5.41, 5.74) is 6.48. The molecule has 0 aliphatic carbocycles. The van der Waals surface area contributed by atoms with Crippen molar-refractivity contribution in [1.82, 2.24) is 10.3 Å². The molecular formula is C14H23N3O3. The van der Waals surface area contributed by atoms with Crippen LogP contribution in [0.25, 0.3) is 0 Å². The van der Waals surface area contributed by atoms with Crippen molar-refractivity contribution in [2.75, 3.05) is 18.9 Å². The molecule has 20 heavy (non-hydrogen) atoms. The Balaban J connectivity index is 2.77. The van der Waals surface area contributed by atoms with Gasteiger partial charge in [-0.15, -0.1) is 0 Å². The monoisotopic (exact) mass is 281 g/mol. The first kappa shape index (κ1) is 16.2. The summed E-state index contributed by atoms with van der Waals surface area (Å²) in [6, 6.07) is 1.41. The van der Waals surface area contributed by atoms with Gasteiger partial charge in [-0.3, -0.25) is 4.98 Å². The Morgan fingerprint density at radius 3 is 2.70 bits per heavy atom. The fourth-order valence-electron chi connectivity index (χ4n) is 1.57. The summed E-state index contributed by atoms with van der Waals surface area (Å²) in [6.07, 6.45) is 2.70. The van der Waals surface area contributed by atoms with Crippen LogP contribution in [0.1, 0.15) is 39.3 Å². The van der Waals surface area contributed by atoms with Crippen molar-refractivity contribution in [2.45, 2.75) is 39.3 Å². The minimum Gasteiger partial charge on any atom is -0.444 e. The van der Waals surface area contributed by atoms with E-state index in [4.69, 9.17) is 15.2 Å². The van der Waals surface area contributed by atoms with Crippen LogP contribution in [0.4, 0.5) is 10.5 Å². The molecule has 0 radical (unpaired) electrons. The molecule has 0 spiro atoms. The van der Waals surface area contributed by atoms with Gasteiger partial charge in [0.15, 0.2) is 0 Å². The Kier molecular flexibility index (Phi) is 5.76. The minimum atomic E-state index is -0.547. The maximum Gasteiger partial charge on any atom is 0.408 e. The molecule has 1 aromatic heterocycles. The van der Waals surface area contributed by atoms with E-state index in [1.807, 2.05) is 27.7 Å². The molecule has 1 heterocycles. The Morgan fingerprint density at radius 2 is 2.15 bits per heavy atom. The van der Waals surface area contributed by atoms with Crippen molar-refractivity contribution in [3.63, 3.8) is 0 Å². The standard InChI is InChI=1S/C14H23N3O3/c1-5-19-9-12(10-6-11(15)8-16-7-10)17-13(18)20-14(2,3)4/h6-8,12H,5,9,15H2,1-4H3,(H,17,18). The van der Waals surface area contributed by atoms with Crippen LogP contribution >= 0.6 is 0 Å². The zero-order chi connectivity index (χ0) is 15.2. The lowest BCUT2D eigenvalue weighted by Gasteiger charge is -2.23. The number of nitrogens with one attached hydrogen (secondary N) is 1. The number of nitrogen functional groups attached to an aromatic ring is 1. The highest BCUT2D eigenvalue weighted by molar-refractivity contribution is 5.68. The van der Waals surface area contributed by atoms with Gasteiger partial charge in [-0.05, 0) is 39.3 Å². The lowest BCUT2D eigenvalue weighted by atomic mass is 10.1. The summed E-state index contributed by atoms with van der Waals surface area (Å²) >= 11 is 0. The minimum absolute atomic E-state index is 0.334. The van der Waals surface area contributed by atoms with Crippen LogP contribution in [0, 0.1) is 0 Å². The van der Waals surface area contributed by atoms with Crippen molar-refractivity contribution in [3.05, 3.63) is 24.0 Å². The highest BCUT2D eigenvalue weighted by atomic mass is 16.6. The van der Waals surface area contributed by atoms with Gasteiger partial charge in [0.1, 0.15) is 5.60 Å². The molecule has 1 rings (SSSR count). The molecule has 1 amide bonds. The van der Waals surface area contributed by atoms with E-state index in [0.717, 1.165) is 5.56 Å². The number of anilines is 1. The quantitative estimate of drug-likeness (QED) is 0.864. The van der Waals surface area contributed by atoms with Gasteiger partial charge in [-0.1, -0.05) is 0 Å². The van der Waals surface area contributed by atoms with Gasteiger partial charge in [-0.25, -0.2) is 4.79 Å². The summed E-state index contributed by atoms with van der Waals surface area (Å²) in [5.74, 6) is 0. The lowest BCUT2D eigenvalue weighted by Crippen LogP contribution is -2.36. The molecule has 1 aromatic rings. The van der Waals surface area contributed by atoms with Gasteiger partial charge in [0.25, 0.3) is 0 Å². The van der Waals surface area contributed by atoms with E-state index in [2.05, 4.69) is 10.3 Å². The molecule has 0 fully saturated rings. The lowest BCUT2D eigenvalue weighted by molar-refractivity contribution is 0.0448. The second-order valence-corrected chi connectivity index (χ2v) is 5.41. The predicted molar refractivity (Wildman–Crippen MR) is 77.3 cm³/mol. The van der Waals surface area contributed by atoms with Crippen LogP contribution in [0.15, 0.2) is 18.5 Å². The summed E-state index contributed by atoms with van der Waals surface area (Å²) in [7, 11) is 0. The number of aromatic nitrogens is 1.